The Balaban J connectivity index is 2.21. The summed E-state index contributed by atoms with van der Waals surface area (Å²) in [6.45, 7) is 3.80. The second-order valence-electron chi connectivity index (χ2n) is 3.82. The van der Waals surface area contributed by atoms with E-state index in [1.54, 1.807) is 12.4 Å². The van der Waals surface area contributed by atoms with Crippen molar-refractivity contribution in [3.05, 3.63) is 52.8 Å². The second-order valence-corrected chi connectivity index (χ2v) is 4.74. The first-order valence-corrected chi connectivity index (χ1v) is 6.66. The van der Waals surface area contributed by atoms with Crippen LogP contribution in [0.15, 0.2) is 47.2 Å². The Morgan fingerprint density at radius 2 is 2.22 bits per heavy atom. The number of pyridine rings is 1. The summed E-state index contributed by atoms with van der Waals surface area (Å²) < 4.78 is 6.89. The highest BCUT2D eigenvalue weighted by Gasteiger charge is 2.05. The van der Waals surface area contributed by atoms with E-state index < -0.39 is 0 Å². The summed E-state index contributed by atoms with van der Waals surface area (Å²) in [6.07, 6.45) is 3.44. The summed E-state index contributed by atoms with van der Waals surface area (Å²) in [6, 6.07) is 9.75. The van der Waals surface area contributed by atoms with Crippen LogP contribution in [-0.4, -0.2) is 11.5 Å². The topological polar surface area (TPSA) is 34.1 Å². The molecule has 0 spiro atoms. The summed E-state index contributed by atoms with van der Waals surface area (Å²) in [5.41, 5.74) is 1.12. The van der Waals surface area contributed by atoms with Gasteiger partial charge in [0.1, 0.15) is 11.5 Å². The van der Waals surface area contributed by atoms with Crippen molar-refractivity contribution in [3.8, 4) is 11.5 Å². The van der Waals surface area contributed by atoms with Crippen LogP contribution in [0.2, 0.25) is 0 Å². The number of nitrogens with zero attached hydrogens (tertiary/aromatic N) is 1. The average Bonchev–Trinajstić information content (AvgIpc) is 2.40. The van der Waals surface area contributed by atoms with Gasteiger partial charge in [-0.25, -0.2) is 0 Å². The summed E-state index contributed by atoms with van der Waals surface area (Å²) in [4.78, 5) is 4.04. The van der Waals surface area contributed by atoms with Crippen LogP contribution in [0.25, 0.3) is 0 Å². The number of halogens is 1. The molecule has 2 rings (SSSR count). The predicted molar refractivity (Wildman–Crippen MR) is 75.8 cm³/mol. The maximum absolute atomic E-state index is 5.84. The molecule has 0 saturated carbocycles. The smallest absolute Gasteiger partial charge is 0.145 e. The third-order valence-electron chi connectivity index (χ3n) is 2.45. The van der Waals surface area contributed by atoms with Gasteiger partial charge in [-0.1, -0.05) is 22.9 Å². The van der Waals surface area contributed by atoms with Gasteiger partial charge in [0.15, 0.2) is 0 Å². The molecule has 1 N–H and O–H groups in total. The SMILES string of the molecule is CCNCc1cc(Br)ccc1Oc1cccnc1. The van der Waals surface area contributed by atoms with Gasteiger partial charge >= 0.3 is 0 Å². The summed E-state index contributed by atoms with van der Waals surface area (Å²) in [5.74, 6) is 1.60. The molecular weight excluding hydrogens is 292 g/mol. The van der Waals surface area contributed by atoms with E-state index in [2.05, 4.69) is 39.2 Å². The molecule has 18 heavy (non-hydrogen) atoms. The molecule has 1 heterocycles. The largest absolute Gasteiger partial charge is 0.455 e. The zero-order valence-corrected chi connectivity index (χ0v) is 11.8. The second kappa shape index (κ2) is 6.52. The van der Waals surface area contributed by atoms with Crippen LogP contribution >= 0.6 is 15.9 Å². The predicted octanol–water partition coefficient (Wildman–Crippen LogP) is 3.75. The number of aromatic nitrogens is 1. The number of rotatable bonds is 5. The van der Waals surface area contributed by atoms with Crippen molar-refractivity contribution in [1.82, 2.24) is 10.3 Å². The average molecular weight is 307 g/mol. The van der Waals surface area contributed by atoms with E-state index in [1.807, 2.05) is 24.3 Å². The zero-order valence-electron chi connectivity index (χ0n) is 10.2. The standard InChI is InChI=1S/C14H15BrN2O/c1-2-16-9-11-8-12(15)5-6-14(11)18-13-4-3-7-17-10-13/h3-8,10,16H,2,9H2,1H3. The number of benzene rings is 1. The Hall–Kier alpha value is -1.39. The molecule has 0 fully saturated rings. The highest BCUT2D eigenvalue weighted by Crippen LogP contribution is 2.27. The third kappa shape index (κ3) is 3.55. The Morgan fingerprint density at radius 3 is 2.94 bits per heavy atom. The van der Waals surface area contributed by atoms with Crippen molar-refractivity contribution >= 4 is 15.9 Å². The Labute approximate surface area is 115 Å². The van der Waals surface area contributed by atoms with Crippen LogP contribution in [0.1, 0.15) is 12.5 Å². The van der Waals surface area contributed by atoms with Crippen molar-refractivity contribution in [3.63, 3.8) is 0 Å². The fourth-order valence-corrected chi connectivity index (χ4v) is 1.99. The van der Waals surface area contributed by atoms with E-state index in [1.165, 1.54) is 0 Å². The number of nitrogens with one attached hydrogen (secondary N) is 1. The first kappa shape index (κ1) is 13.1. The van der Waals surface area contributed by atoms with Crippen molar-refractivity contribution in [2.24, 2.45) is 0 Å². The lowest BCUT2D eigenvalue weighted by molar-refractivity contribution is 0.471. The van der Waals surface area contributed by atoms with Gasteiger partial charge in [0.2, 0.25) is 0 Å². The minimum atomic E-state index is 0.748. The normalized spacial score (nSPS) is 10.3. The molecule has 0 bridgehead atoms. The molecule has 0 aliphatic rings. The van der Waals surface area contributed by atoms with E-state index >= 15 is 0 Å². The number of hydrogen-bond acceptors (Lipinski definition) is 3. The van der Waals surface area contributed by atoms with Crippen LogP contribution in [0.5, 0.6) is 11.5 Å². The molecule has 0 atom stereocenters. The van der Waals surface area contributed by atoms with Crippen molar-refractivity contribution in [1.29, 1.82) is 0 Å². The first-order valence-electron chi connectivity index (χ1n) is 5.86. The first-order chi connectivity index (χ1) is 8.79. The van der Waals surface area contributed by atoms with Crippen molar-refractivity contribution in [2.75, 3.05) is 6.54 Å². The highest BCUT2D eigenvalue weighted by atomic mass is 79.9. The lowest BCUT2D eigenvalue weighted by atomic mass is 10.2. The molecule has 0 radical (unpaired) electrons. The van der Waals surface area contributed by atoms with Gasteiger partial charge in [-0.05, 0) is 36.9 Å². The maximum Gasteiger partial charge on any atom is 0.145 e. The highest BCUT2D eigenvalue weighted by molar-refractivity contribution is 9.10. The zero-order chi connectivity index (χ0) is 12.8. The van der Waals surface area contributed by atoms with Gasteiger partial charge in [-0.2, -0.15) is 0 Å². The van der Waals surface area contributed by atoms with E-state index in [0.717, 1.165) is 34.6 Å². The minimum Gasteiger partial charge on any atom is -0.455 e. The molecule has 3 nitrogen and oxygen atoms in total. The Morgan fingerprint density at radius 1 is 1.33 bits per heavy atom. The fraction of sp³-hybridized carbons (Fsp3) is 0.214. The molecule has 0 amide bonds. The quantitative estimate of drug-likeness (QED) is 0.913. The molecule has 1 aromatic carbocycles. The van der Waals surface area contributed by atoms with E-state index in [-0.39, 0.29) is 0 Å². The van der Waals surface area contributed by atoms with Crippen molar-refractivity contribution in [2.45, 2.75) is 13.5 Å². The van der Waals surface area contributed by atoms with Crippen LogP contribution in [0.4, 0.5) is 0 Å². The monoisotopic (exact) mass is 306 g/mol. The molecule has 0 unspecified atom stereocenters. The van der Waals surface area contributed by atoms with Gasteiger partial charge < -0.3 is 10.1 Å². The third-order valence-corrected chi connectivity index (χ3v) is 2.94. The van der Waals surface area contributed by atoms with Gasteiger partial charge in [-0.15, -0.1) is 0 Å². The molecule has 0 saturated heterocycles. The molecule has 94 valence electrons. The van der Waals surface area contributed by atoms with Crippen LogP contribution in [0.3, 0.4) is 0 Å². The molecule has 0 aliphatic carbocycles. The van der Waals surface area contributed by atoms with Crippen LogP contribution in [-0.2, 0) is 6.54 Å². The van der Waals surface area contributed by atoms with Gasteiger partial charge in [0, 0.05) is 22.8 Å². The molecule has 0 aliphatic heterocycles. The lowest BCUT2D eigenvalue weighted by Gasteiger charge is -2.11. The Bertz CT molecular complexity index is 502. The minimum absolute atomic E-state index is 0.748. The molecule has 1 aromatic heterocycles. The van der Waals surface area contributed by atoms with Crippen LogP contribution in [0, 0.1) is 0 Å². The molecule has 4 heteroatoms. The fourth-order valence-electron chi connectivity index (χ4n) is 1.58. The van der Waals surface area contributed by atoms with E-state index in [0.29, 0.717) is 0 Å². The summed E-state index contributed by atoms with van der Waals surface area (Å²) >= 11 is 3.48. The van der Waals surface area contributed by atoms with E-state index in [9.17, 15) is 0 Å². The van der Waals surface area contributed by atoms with E-state index in [4.69, 9.17) is 4.74 Å². The maximum atomic E-state index is 5.84. The van der Waals surface area contributed by atoms with Gasteiger partial charge in [-0.3, -0.25) is 4.98 Å². The van der Waals surface area contributed by atoms with Crippen LogP contribution < -0.4 is 10.1 Å². The molecule has 2 aromatic rings. The number of hydrogen-bond donors (Lipinski definition) is 1. The number of ether oxygens (including phenoxy) is 1. The van der Waals surface area contributed by atoms with Gasteiger partial charge in [0.05, 0.1) is 6.20 Å². The van der Waals surface area contributed by atoms with Crippen molar-refractivity contribution < 1.29 is 4.74 Å². The summed E-state index contributed by atoms with van der Waals surface area (Å²) in [5, 5.41) is 3.30. The molecular formula is C14H15BrN2O. The van der Waals surface area contributed by atoms with Gasteiger partial charge in [0.25, 0.3) is 0 Å². The Kier molecular flexibility index (Phi) is 4.73. The lowest BCUT2D eigenvalue weighted by Crippen LogP contribution is -2.12. The summed E-state index contributed by atoms with van der Waals surface area (Å²) in [7, 11) is 0.